The Hall–Kier alpha value is -2.57. The van der Waals surface area contributed by atoms with E-state index in [0.717, 1.165) is 42.4 Å². The van der Waals surface area contributed by atoms with Crippen molar-refractivity contribution in [3.8, 4) is 11.5 Å². The van der Waals surface area contributed by atoms with Crippen LogP contribution in [0.1, 0.15) is 48.8 Å². The molecule has 2 aromatic carbocycles. The molecular formula is C25H27ClN2O3S. The van der Waals surface area contributed by atoms with Crippen LogP contribution in [0.3, 0.4) is 0 Å². The van der Waals surface area contributed by atoms with E-state index >= 15 is 0 Å². The monoisotopic (exact) mass is 470 g/mol. The fraction of sp³-hybridized carbons (Fsp3) is 0.360. The number of nitrogens with one attached hydrogen (secondary N) is 1. The van der Waals surface area contributed by atoms with Gasteiger partial charge in [-0.05, 0) is 73.5 Å². The van der Waals surface area contributed by atoms with Crippen molar-refractivity contribution < 1.29 is 14.3 Å². The van der Waals surface area contributed by atoms with Gasteiger partial charge in [-0.1, -0.05) is 43.0 Å². The Kier molecular flexibility index (Phi) is 7.01. The van der Waals surface area contributed by atoms with Crippen molar-refractivity contribution in [3.63, 3.8) is 0 Å². The van der Waals surface area contributed by atoms with E-state index in [1.807, 2.05) is 49.4 Å². The molecule has 1 aliphatic carbocycles. The first-order valence-corrected chi connectivity index (χ1v) is 11.7. The van der Waals surface area contributed by atoms with E-state index in [9.17, 15) is 4.79 Å². The van der Waals surface area contributed by atoms with Crippen LogP contribution in [-0.2, 0) is 11.4 Å². The molecule has 32 heavy (non-hydrogen) atoms. The summed E-state index contributed by atoms with van der Waals surface area (Å²) in [5.74, 6) is 1.27. The molecule has 0 radical (unpaired) electrons. The number of benzene rings is 2. The van der Waals surface area contributed by atoms with Gasteiger partial charge in [-0.15, -0.1) is 0 Å². The smallest absolute Gasteiger partial charge is 0.276 e. The van der Waals surface area contributed by atoms with Crippen LogP contribution in [0, 0.1) is 6.92 Å². The minimum absolute atomic E-state index is 0.0537. The van der Waals surface area contributed by atoms with Gasteiger partial charge in [0.25, 0.3) is 5.91 Å². The largest absolute Gasteiger partial charge is 0.496 e. The van der Waals surface area contributed by atoms with Crippen LogP contribution in [0.2, 0.25) is 5.02 Å². The fourth-order valence-electron chi connectivity index (χ4n) is 4.27. The molecular weight excluding hydrogens is 444 g/mol. The number of nitrogens with zero attached hydrogens (tertiary/aromatic N) is 1. The number of rotatable bonds is 6. The van der Waals surface area contributed by atoms with Crippen LogP contribution >= 0.6 is 23.8 Å². The fourth-order valence-corrected chi connectivity index (χ4v) is 4.90. The number of ether oxygens (including phenoxy) is 2. The highest BCUT2D eigenvalue weighted by atomic mass is 35.5. The molecule has 2 fully saturated rings. The van der Waals surface area contributed by atoms with Gasteiger partial charge in [-0.25, -0.2) is 0 Å². The molecule has 2 aromatic rings. The molecule has 1 aliphatic heterocycles. The van der Waals surface area contributed by atoms with Gasteiger partial charge in [-0.2, -0.15) is 0 Å². The second-order valence-corrected chi connectivity index (χ2v) is 9.04. The molecule has 1 saturated carbocycles. The van der Waals surface area contributed by atoms with Gasteiger partial charge in [0, 0.05) is 11.6 Å². The molecule has 1 N–H and O–H groups in total. The highest BCUT2D eigenvalue weighted by Gasteiger charge is 2.36. The number of aryl methyl sites for hydroxylation is 1. The van der Waals surface area contributed by atoms with Crippen molar-refractivity contribution >= 4 is 40.9 Å². The van der Waals surface area contributed by atoms with E-state index in [2.05, 4.69) is 5.32 Å². The zero-order valence-corrected chi connectivity index (χ0v) is 19.9. The predicted molar refractivity (Wildman–Crippen MR) is 131 cm³/mol. The first-order chi connectivity index (χ1) is 15.5. The Balaban J connectivity index is 1.53. The summed E-state index contributed by atoms with van der Waals surface area (Å²) in [6, 6.07) is 11.6. The predicted octanol–water partition coefficient (Wildman–Crippen LogP) is 5.63. The normalized spacial score (nSPS) is 18.2. The third-order valence-corrected chi connectivity index (χ3v) is 6.53. The lowest BCUT2D eigenvalue weighted by Gasteiger charge is -2.29. The maximum absolute atomic E-state index is 13.0. The van der Waals surface area contributed by atoms with Gasteiger partial charge >= 0.3 is 0 Å². The van der Waals surface area contributed by atoms with E-state index in [0.29, 0.717) is 27.3 Å². The SMILES string of the molecule is COc1ccc(/C=C2/NC(=S)N(C3CCCCC3)C2=O)cc1COc1ccc(C)cc1Cl. The number of halogens is 1. The molecule has 2 aliphatic rings. The van der Waals surface area contributed by atoms with Crippen LogP contribution in [-0.4, -0.2) is 29.1 Å². The molecule has 5 nitrogen and oxygen atoms in total. The summed E-state index contributed by atoms with van der Waals surface area (Å²) in [7, 11) is 1.62. The van der Waals surface area contributed by atoms with Gasteiger partial charge in [0.2, 0.25) is 0 Å². The van der Waals surface area contributed by atoms with Gasteiger partial charge in [0.1, 0.15) is 23.8 Å². The summed E-state index contributed by atoms with van der Waals surface area (Å²) in [6.45, 7) is 2.27. The average Bonchev–Trinajstić information content (AvgIpc) is 3.06. The molecule has 4 rings (SSSR count). The maximum Gasteiger partial charge on any atom is 0.276 e. The molecule has 168 valence electrons. The minimum atomic E-state index is -0.0537. The van der Waals surface area contributed by atoms with Crippen molar-refractivity contribution in [2.24, 2.45) is 0 Å². The zero-order chi connectivity index (χ0) is 22.7. The third-order valence-electron chi connectivity index (χ3n) is 5.94. The summed E-state index contributed by atoms with van der Waals surface area (Å²) in [4.78, 5) is 14.8. The maximum atomic E-state index is 13.0. The van der Waals surface area contributed by atoms with E-state index in [-0.39, 0.29) is 18.6 Å². The number of carbonyl (C=O) groups is 1. The van der Waals surface area contributed by atoms with Gasteiger partial charge in [0.15, 0.2) is 5.11 Å². The van der Waals surface area contributed by atoms with E-state index in [4.69, 9.17) is 33.3 Å². The Morgan fingerprint density at radius 3 is 2.62 bits per heavy atom. The van der Waals surface area contributed by atoms with Crippen molar-refractivity contribution in [1.82, 2.24) is 10.2 Å². The second-order valence-electron chi connectivity index (χ2n) is 8.25. The first-order valence-electron chi connectivity index (χ1n) is 10.9. The standard InChI is InChI=1S/C25H27ClN2O3S/c1-16-8-10-23(20(26)12-16)31-15-18-13-17(9-11-22(18)30-2)14-21-24(29)28(25(32)27-21)19-6-4-3-5-7-19/h8-14,19H,3-7,15H2,1-2H3,(H,27,32)/b21-14+. The van der Waals surface area contributed by atoms with Crippen molar-refractivity contribution in [2.75, 3.05) is 7.11 Å². The highest BCUT2D eigenvalue weighted by Crippen LogP contribution is 2.30. The Morgan fingerprint density at radius 2 is 1.91 bits per heavy atom. The number of hydrogen-bond acceptors (Lipinski definition) is 4. The molecule has 0 unspecified atom stereocenters. The number of carbonyl (C=O) groups excluding carboxylic acids is 1. The molecule has 0 spiro atoms. The second kappa shape index (κ2) is 9.92. The number of methoxy groups -OCH3 is 1. The lowest BCUT2D eigenvalue weighted by Crippen LogP contribution is -2.41. The topological polar surface area (TPSA) is 50.8 Å². The molecule has 0 atom stereocenters. The lowest BCUT2D eigenvalue weighted by molar-refractivity contribution is -0.124. The van der Waals surface area contributed by atoms with Gasteiger partial charge in [-0.3, -0.25) is 9.69 Å². The Labute approximate surface area is 199 Å². The van der Waals surface area contributed by atoms with E-state index in [1.54, 1.807) is 12.0 Å². The van der Waals surface area contributed by atoms with Crippen LogP contribution in [0.5, 0.6) is 11.5 Å². The van der Waals surface area contributed by atoms with Crippen LogP contribution in [0.25, 0.3) is 6.08 Å². The summed E-state index contributed by atoms with van der Waals surface area (Å²) in [6.07, 6.45) is 7.36. The minimum Gasteiger partial charge on any atom is -0.496 e. The van der Waals surface area contributed by atoms with Crippen molar-refractivity contribution in [3.05, 3.63) is 63.8 Å². The molecule has 1 heterocycles. The summed E-state index contributed by atoms with van der Waals surface area (Å²) >= 11 is 11.8. The quantitative estimate of drug-likeness (QED) is 0.438. The lowest BCUT2D eigenvalue weighted by atomic mass is 9.94. The van der Waals surface area contributed by atoms with Crippen molar-refractivity contribution in [2.45, 2.75) is 51.7 Å². The summed E-state index contributed by atoms with van der Waals surface area (Å²) < 4.78 is 11.4. The van der Waals surface area contributed by atoms with Crippen LogP contribution in [0.15, 0.2) is 42.1 Å². The van der Waals surface area contributed by atoms with Crippen molar-refractivity contribution in [1.29, 1.82) is 0 Å². The van der Waals surface area contributed by atoms with Crippen LogP contribution < -0.4 is 14.8 Å². The Bertz CT molecular complexity index is 1060. The van der Waals surface area contributed by atoms with E-state index in [1.165, 1.54) is 6.42 Å². The number of hydrogen-bond donors (Lipinski definition) is 1. The average molecular weight is 471 g/mol. The number of thiocarbonyl (C=S) groups is 1. The van der Waals surface area contributed by atoms with Crippen LogP contribution in [0.4, 0.5) is 0 Å². The van der Waals surface area contributed by atoms with Gasteiger partial charge < -0.3 is 14.8 Å². The van der Waals surface area contributed by atoms with Gasteiger partial charge in [0.05, 0.1) is 12.1 Å². The van der Waals surface area contributed by atoms with E-state index < -0.39 is 0 Å². The molecule has 7 heteroatoms. The summed E-state index contributed by atoms with van der Waals surface area (Å²) in [5, 5.41) is 4.18. The number of amides is 1. The molecule has 1 amide bonds. The molecule has 1 saturated heterocycles. The Morgan fingerprint density at radius 1 is 1.16 bits per heavy atom. The zero-order valence-electron chi connectivity index (χ0n) is 18.3. The molecule has 0 bridgehead atoms. The molecule has 0 aromatic heterocycles. The third kappa shape index (κ3) is 4.92. The highest BCUT2D eigenvalue weighted by molar-refractivity contribution is 7.80. The summed E-state index contributed by atoms with van der Waals surface area (Å²) in [5.41, 5.74) is 3.29. The first kappa shape index (κ1) is 22.6.